The van der Waals surface area contributed by atoms with Gasteiger partial charge >= 0.3 is 0 Å². The molecular formula is C17H19ClN4O3. The van der Waals surface area contributed by atoms with E-state index in [9.17, 15) is 9.59 Å². The molecule has 0 saturated carbocycles. The Balaban J connectivity index is 1.53. The zero-order valence-electron chi connectivity index (χ0n) is 13.6. The molecule has 0 atom stereocenters. The number of likely N-dealkylation sites (tertiary alicyclic amines) is 1. The van der Waals surface area contributed by atoms with Crippen molar-refractivity contribution < 1.29 is 14.0 Å². The van der Waals surface area contributed by atoms with Crippen molar-refractivity contribution in [3.05, 3.63) is 47.0 Å². The molecule has 3 heterocycles. The SMILES string of the molecule is NCc1cc(C(=O)N2CCC(C(=O)Nc3ccc(Cl)cn3)CC2)co1. The summed E-state index contributed by atoms with van der Waals surface area (Å²) in [7, 11) is 0. The van der Waals surface area contributed by atoms with Crippen molar-refractivity contribution in [2.75, 3.05) is 18.4 Å². The number of halogens is 1. The van der Waals surface area contributed by atoms with Gasteiger partial charge in [0, 0.05) is 25.2 Å². The van der Waals surface area contributed by atoms with Crippen molar-refractivity contribution in [2.45, 2.75) is 19.4 Å². The van der Waals surface area contributed by atoms with Gasteiger partial charge in [0.1, 0.15) is 17.8 Å². The number of amides is 2. The molecular weight excluding hydrogens is 344 g/mol. The number of hydrogen-bond acceptors (Lipinski definition) is 5. The number of furan rings is 1. The van der Waals surface area contributed by atoms with Crippen LogP contribution in [0.15, 0.2) is 35.1 Å². The van der Waals surface area contributed by atoms with Gasteiger partial charge in [0.2, 0.25) is 5.91 Å². The fraction of sp³-hybridized carbons (Fsp3) is 0.353. The molecule has 0 aromatic carbocycles. The van der Waals surface area contributed by atoms with E-state index >= 15 is 0 Å². The van der Waals surface area contributed by atoms with Gasteiger partial charge in [-0.3, -0.25) is 9.59 Å². The molecule has 0 radical (unpaired) electrons. The molecule has 1 aliphatic heterocycles. The number of hydrogen-bond donors (Lipinski definition) is 2. The smallest absolute Gasteiger partial charge is 0.257 e. The molecule has 3 rings (SSSR count). The van der Waals surface area contributed by atoms with Crippen LogP contribution >= 0.6 is 11.6 Å². The van der Waals surface area contributed by atoms with Crippen molar-refractivity contribution in [3.8, 4) is 0 Å². The summed E-state index contributed by atoms with van der Waals surface area (Å²) in [5.41, 5.74) is 5.98. The van der Waals surface area contributed by atoms with Gasteiger partial charge in [-0.25, -0.2) is 4.98 Å². The lowest BCUT2D eigenvalue weighted by Crippen LogP contribution is -2.41. The second kappa shape index (κ2) is 7.67. The Morgan fingerprint density at radius 2 is 2.12 bits per heavy atom. The maximum Gasteiger partial charge on any atom is 0.257 e. The van der Waals surface area contributed by atoms with E-state index in [1.807, 2.05) is 0 Å². The van der Waals surface area contributed by atoms with Gasteiger partial charge in [0.25, 0.3) is 5.91 Å². The van der Waals surface area contributed by atoms with Crippen molar-refractivity contribution in [2.24, 2.45) is 11.7 Å². The molecule has 2 aromatic heterocycles. The number of piperidine rings is 1. The van der Waals surface area contributed by atoms with E-state index < -0.39 is 0 Å². The predicted octanol–water partition coefficient (Wildman–Crippen LogP) is 2.28. The van der Waals surface area contributed by atoms with E-state index in [1.54, 1.807) is 23.1 Å². The zero-order chi connectivity index (χ0) is 17.8. The molecule has 0 spiro atoms. The molecule has 2 amide bonds. The number of carbonyl (C=O) groups excluding carboxylic acids is 2. The predicted molar refractivity (Wildman–Crippen MR) is 93.1 cm³/mol. The Morgan fingerprint density at radius 3 is 2.72 bits per heavy atom. The highest BCUT2D eigenvalue weighted by atomic mass is 35.5. The van der Waals surface area contributed by atoms with E-state index in [-0.39, 0.29) is 24.3 Å². The van der Waals surface area contributed by atoms with Gasteiger partial charge in [-0.1, -0.05) is 11.6 Å². The molecule has 8 heteroatoms. The summed E-state index contributed by atoms with van der Waals surface area (Å²) in [4.78, 5) is 30.5. The number of aromatic nitrogens is 1. The highest BCUT2D eigenvalue weighted by Gasteiger charge is 2.28. The first-order valence-electron chi connectivity index (χ1n) is 8.06. The Bertz CT molecular complexity index is 752. The van der Waals surface area contributed by atoms with E-state index in [2.05, 4.69) is 10.3 Å². The van der Waals surface area contributed by atoms with Crippen LogP contribution in [-0.2, 0) is 11.3 Å². The van der Waals surface area contributed by atoms with Gasteiger partial charge in [-0.15, -0.1) is 0 Å². The fourth-order valence-electron chi connectivity index (χ4n) is 2.81. The average molecular weight is 363 g/mol. The topological polar surface area (TPSA) is 101 Å². The molecule has 0 aliphatic carbocycles. The first-order chi connectivity index (χ1) is 12.1. The second-order valence-corrected chi connectivity index (χ2v) is 6.36. The molecule has 3 N–H and O–H groups in total. The van der Waals surface area contributed by atoms with Crippen LogP contribution < -0.4 is 11.1 Å². The first-order valence-corrected chi connectivity index (χ1v) is 8.44. The lowest BCUT2D eigenvalue weighted by atomic mass is 9.95. The van der Waals surface area contributed by atoms with Crippen LogP contribution in [0.1, 0.15) is 29.0 Å². The first kappa shape index (κ1) is 17.4. The summed E-state index contributed by atoms with van der Waals surface area (Å²) < 4.78 is 5.21. The van der Waals surface area contributed by atoms with E-state index in [1.165, 1.54) is 12.5 Å². The van der Waals surface area contributed by atoms with Crippen LogP contribution in [0, 0.1) is 5.92 Å². The highest BCUT2D eigenvalue weighted by Crippen LogP contribution is 2.21. The summed E-state index contributed by atoms with van der Waals surface area (Å²) in [6.07, 6.45) is 4.12. The summed E-state index contributed by atoms with van der Waals surface area (Å²) in [5, 5.41) is 3.30. The minimum absolute atomic E-state index is 0.0874. The molecule has 0 unspecified atom stereocenters. The van der Waals surface area contributed by atoms with Crippen LogP contribution in [0.25, 0.3) is 0 Å². The number of pyridine rings is 1. The third-order valence-corrected chi connectivity index (χ3v) is 4.46. The molecule has 2 aromatic rings. The van der Waals surface area contributed by atoms with Gasteiger partial charge in [0.05, 0.1) is 17.1 Å². The minimum Gasteiger partial charge on any atom is -0.467 e. The molecule has 1 fully saturated rings. The number of carbonyl (C=O) groups is 2. The Morgan fingerprint density at radius 1 is 1.36 bits per heavy atom. The maximum atomic E-state index is 12.4. The summed E-state index contributed by atoms with van der Waals surface area (Å²) in [5.74, 6) is 0.719. The zero-order valence-corrected chi connectivity index (χ0v) is 14.3. The second-order valence-electron chi connectivity index (χ2n) is 5.92. The molecule has 0 bridgehead atoms. The summed E-state index contributed by atoms with van der Waals surface area (Å²) in [6.45, 7) is 1.30. The number of nitrogens with two attached hydrogens (primary N) is 1. The van der Waals surface area contributed by atoms with Crippen molar-refractivity contribution in [3.63, 3.8) is 0 Å². The number of nitrogens with one attached hydrogen (secondary N) is 1. The van der Waals surface area contributed by atoms with Crippen LogP contribution in [0.4, 0.5) is 5.82 Å². The molecule has 25 heavy (non-hydrogen) atoms. The van der Waals surface area contributed by atoms with Crippen molar-refractivity contribution >= 4 is 29.2 Å². The molecule has 132 valence electrons. The quantitative estimate of drug-likeness (QED) is 0.868. The van der Waals surface area contributed by atoms with Crippen LogP contribution in [0.3, 0.4) is 0 Å². The number of rotatable bonds is 4. The van der Waals surface area contributed by atoms with E-state index in [0.717, 1.165) is 0 Å². The van der Waals surface area contributed by atoms with Crippen LogP contribution in [0.5, 0.6) is 0 Å². The lowest BCUT2D eigenvalue weighted by molar-refractivity contribution is -0.121. The summed E-state index contributed by atoms with van der Waals surface area (Å²) in [6, 6.07) is 4.99. The highest BCUT2D eigenvalue weighted by molar-refractivity contribution is 6.30. The minimum atomic E-state index is -0.148. The molecule has 1 aliphatic rings. The largest absolute Gasteiger partial charge is 0.467 e. The van der Waals surface area contributed by atoms with E-state index in [4.69, 9.17) is 21.8 Å². The summed E-state index contributed by atoms with van der Waals surface area (Å²) >= 11 is 5.78. The van der Waals surface area contributed by atoms with E-state index in [0.29, 0.717) is 48.1 Å². The lowest BCUT2D eigenvalue weighted by Gasteiger charge is -2.31. The maximum absolute atomic E-state index is 12.4. The fourth-order valence-corrected chi connectivity index (χ4v) is 2.92. The third-order valence-electron chi connectivity index (χ3n) is 4.23. The van der Waals surface area contributed by atoms with Crippen LogP contribution in [-0.4, -0.2) is 34.8 Å². The average Bonchev–Trinajstić information content (AvgIpc) is 3.12. The van der Waals surface area contributed by atoms with Gasteiger partial charge in [-0.05, 0) is 31.0 Å². The van der Waals surface area contributed by atoms with Crippen LogP contribution in [0.2, 0.25) is 5.02 Å². The third kappa shape index (κ3) is 4.18. The Labute approximate surface area is 150 Å². The molecule has 1 saturated heterocycles. The Hall–Kier alpha value is -2.38. The normalized spacial score (nSPS) is 15.2. The van der Waals surface area contributed by atoms with Gasteiger partial charge in [0.15, 0.2) is 0 Å². The van der Waals surface area contributed by atoms with Gasteiger partial charge < -0.3 is 20.4 Å². The Kier molecular flexibility index (Phi) is 5.35. The number of anilines is 1. The van der Waals surface area contributed by atoms with Gasteiger partial charge in [-0.2, -0.15) is 0 Å². The monoisotopic (exact) mass is 362 g/mol. The van der Waals surface area contributed by atoms with Crippen molar-refractivity contribution in [1.29, 1.82) is 0 Å². The number of nitrogens with zero attached hydrogens (tertiary/aromatic N) is 2. The van der Waals surface area contributed by atoms with Crippen molar-refractivity contribution in [1.82, 2.24) is 9.88 Å². The molecule has 7 nitrogen and oxygen atoms in total. The standard InChI is InChI=1S/C17H19ClN4O3/c18-13-1-2-15(20-9-13)21-16(23)11-3-5-22(6-4-11)17(24)12-7-14(8-19)25-10-12/h1-2,7,9-11H,3-6,8,19H2,(H,20,21,23).